The zero-order chi connectivity index (χ0) is 24.0. The molecule has 2 N–H and O–H groups in total. The van der Waals surface area contributed by atoms with Crippen LogP contribution in [0.1, 0.15) is 11.1 Å². The average Bonchev–Trinajstić information content (AvgIpc) is 2.88. The Balaban J connectivity index is 1.43. The molecule has 3 nitrogen and oxygen atoms in total. The number of hydrogen-bond acceptors (Lipinski definition) is 3. The predicted octanol–water partition coefficient (Wildman–Crippen LogP) is 9.26. The summed E-state index contributed by atoms with van der Waals surface area (Å²) in [6, 6.07) is 44.4. The first kappa shape index (κ1) is 22.3. The maximum atomic E-state index is 3.50. The fraction of sp³-hybridized carbons (Fsp3) is 0.0625. The van der Waals surface area contributed by atoms with E-state index in [1.54, 1.807) is 0 Å². The molecule has 5 aromatic carbocycles. The van der Waals surface area contributed by atoms with Gasteiger partial charge in [-0.3, -0.25) is 0 Å². The number of para-hydroxylation sites is 1. The van der Waals surface area contributed by atoms with Crippen LogP contribution in [-0.2, 0) is 0 Å². The van der Waals surface area contributed by atoms with E-state index in [0.29, 0.717) is 0 Å². The number of nitrogens with zero attached hydrogens (tertiary/aromatic N) is 1. The highest BCUT2D eigenvalue weighted by molar-refractivity contribution is 5.79. The first-order chi connectivity index (χ1) is 17.1. The molecule has 0 unspecified atom stereocenters. The Morgan fingerprint density at radius 1 is 0.400 bits per heavy atom. The molecule has 0 heterocycles. The topological polar surface area (TPSA) is 27.3 Å². The van der Waals surface area contributed by atoms with E-state index in [0.717, 1.165) is 39.8 Å². The summed E-state index contributed by atoms with van der Waals surface area (Å²) >= 11 is 0. The zero-order valence-electron chi connectivity index (χ0n) is 20.1. The third-order valence-corrected chi connectivity index (χ3v) is 5.91. The van der Waals surface area contributed by atoms with Crippen molar-refractivity contribution in [3.8, 4) is 0 Å². The summed E-state index contributed by atoms with van der Waals surface area (Å²) in [5.41, 5.74) is 10.1. The Kier molecular flexibility index (Phi) is 6.49. The van der Waals surface area contributed by atoms with Crippen LogP contribution in [-0.4, -0.2) is 0 Å². The van der Waals surface area contributed by atoms with Gasteiger partial charge >= 0.3 is 0 Å². The summed E-state index contributed by atoms with van der Waals surface area (Å²) in [6.45, 7) is 4.22. The van der Waals surface area contributed by atoms with Gasteiger partial charge in [0.1, 0.15) is 0 Å². The Hall–Kier alpha value is -4.50. The van der Waals surface area contributed by atoms with E-state index in [2.05, 4.69) is 139 Å². The molecule has 0 aliphatic carbocycles. The van der Waals surface area contributed by atoms with Gasteiger partial charge in [-0.25, -0.2) is 0 Å². The molecule has 0 atom stereocenters. The first-order valence-electron chi connectivity index (χ1n) is 11.9. The Labute approximate surface area is 207 Å². The number of nitrogens with one attached hydrogen (secondary N) is 2. The van der Waals surface area contributed by atoms with Crippen LogP contribution in [0, 0.1) is 13.8 Å². The highest BCUT2D eigenvalue weighted by Crippen LogP contribution is 2.36. The van der Waals surface area contributed by atoms with Crippen molar-refractivity contribution in [1.29, 1.82) is 0 Å². The minimum absolute atomic E-state index is 1.06. The molecular weight excluding hydrogens is 426 g/mol. The molecule has 0 radical (unpaired) electrons. The van der Waals surface area contributed by atoms with Crippen molar-refractivity contribution in [3.63, 3.8) is 0 Å². The maximum Gasteiger partial charge on any atom is 0.0463 e. The van der Waals surface area contributed by atoms with Gasteiger partial charge in [-0.1, -0.05) is 48.0 Å². The van der Waals surface area contributed by atoms with Gasteiger partial charge in [0.25, 0.3) is 0 Å². The van der Waals surface area contributed by atoms with E-state index in [1.807, 2.05) is 18.2 Å². The molecule has 0 aliphatic rings. The second-order valence-electron chi connectivity index (χ2n) is 8.75. The lowest BCUT2D eigenvalue weighted by Gasteiger charge is -2.26. The molecule has 0 saturated carbocycles. The Morgan fingerprint density at radius 2 is 0.857 bits per heavy atom. The summed E-state index contributed by atoms with van der Waals surface area (Å²) in [5, 5.41) is 6.97. The second-order valence-corrected chi connectivity index (χ2v) is 8.75. The fourth-order valence-corrected chi connectivity index (χ4v) is 4.11. The minimum atomic E-state index is 1.06. The molecule has 0 saturated heterocycles. The van der Waals surface area contributed by atoms with Gasteiger partial charge in [-0.15, -0.1) is 0 Å². The van der Waals surface area contributed by atoms with Gasteiger partial charge in [0.15, 0.2) is 0 Å². The maximum absolute atomic E-state index is 3.50. The number of rotatable bonds is 7. The zero-order valence-corrected chi connectivity index (χ0v) is 20.1. The van der Waals surface area contributed by atoms with Crippen LogP contribution in [0.5, 0.6) is 0 Å². The van der Waals surface area contributed by atoms with Gasteiger partial charge in [-0.2, -0.15) is 0 Å². The average molecular weight is 456 g/mol. The Morgan fingerprint density at radius 3 is 1.40 bits per heavy atom. The predicted molar refractivity (Wildman–Crippen MR) is 150 cm³/mol. The number of hydrogen-bond donors (Lipinski definition) is 2. The quantitative estimate of drug-likeness (QED) is 0.256. The molecule has 5 aromatic rings. The fourth-order valence-electron chi connectivity index (χ4n) is 4.11. The highest BCUT2D eigenvalue weighted by Gasteiger charge is 2.12. The summed E-state index contributed by atoms with van der Waals surface area (Å²) in [5.74, 6) is 0. The third-order valence-electron chi connectivity index (χ3n) is 5.91. The van der Waals surface area contributed by atoms with Gasteiger partial charge in [-0.05, 0) is 104 Å². The molecule has 0 spiro atoms. The van der Waals surface area contributed by atoms with Crippen molar-refractivity contribution in [3.05, 3.63) is 139 Å². The molecule has 0 fully saturated rings. The molecule has 5 rings (SSSR count). The number of aryl methyl sites for hydroxylation is 2. The smallest absolute Gasteiger partial charge is 0.0463 e. The lowest BCUT2D eigenvalue weighted by atomic mass is 10.1. The lowest BCUT2D eigenvalue weighted by molar-refractivity contribution is 1.27. The normalized spacial score (nSPS) is 10.6. The van der Waals surface area contributed by atoms with Crippen LogP contribution in [0.3, 0.4) is 0 Å². The van der Waals surface area contributed by atoms with Crippen molar-refractivity contribution < 1.29 is 0 Å². The summed E-state index contributed by atoms with van der Waals surface area (Å²) < 4.78 is 0. The van der Waals surface area contributed by atoms with Crippen LogP contribution in [0.25, 0.3) is 0 Å². The van der Waals surface area contributed by atoms with E-state index in [1.165, 1.54) is 11.1 Å². The van der Waals surface area contributed by atoms with Crippen molar-refractivity contribution in [2.45, 2.75) is 13.8 Å². The Bertz CT molecular complexity index is 1370. The molecule has 0 amide bonds. The van der Waals surface area contributed by atoms with Gasteiger partial charge in [0.2, 0.25) is 0 Å². The van der Waals surface area contributed by atoms with Crippen molar-refractivity contribution in [2.24, 2.45) is 0 Å². The third kappa shape index (κ3) is 5.53. The standard InChI is InChI=1S/C32H29N3/c1-24-11-17-30(18-12-24)35(31-19-13-27(14-20-31)33-26-8-4-3-5-9-26)32-21-15-28(16-22-32)34-29-10-6-7-25(2)23-29/h3-23,33-34H,1-2H3. The van der Waals surface area contributed by atoms with Crippen LogP contribution in [0.15, 0.2) is 127 Å². The van der Waals surface area contributed by atoms with Crippen LogP contribution < -0.4 is 15.5 Å². The summed E-state index contributed by atoms with van der Waals surface area (Å²) in [6.07, 6.45) is 0. The number of anilines is 7. The van der Waals surface area contributed by atoms with E-state index in [-0.39, 0.29) is 0 Å². The van der Waals surface area contributed by atoms with E-state index in [4.69, 9.17) is 0 Å². The monoisotopic (exact) mass is 455 g/mol. The molecule has 0 bridgehead atoms. The molecule has 35 heavy (non-hydrogen) atoms. The van der Waals surface area contributed by atoms with E-state index < -0.39 is 0 Å². The van der Waals surface area contributed by atoms with Gasteiger partial charge < -0.3 is 15.5 Å². The van der Waals surface area contributed by atoms with Crippen molar-refractivity contribution in [1.82, 2.24) is 0 Å². The van der Waals surface area contributed by atoms with Crippen molar-refractivity contribution >= 4 is 39.8 Å². The highest BCUT2D eigenvalue weighted by atomic mass is 15.1. The SMILES string of the molecule is Cc1ccc(N(c2ccc(Nc3ccccc3)cc2)c2ccc(Nc3cccc(C)c3)cc2)cc1. The first-order valence-corrected chi connectivity index (χ1v) is 11.9. The summed E-state index contributed by atoms with van der Waals surface area (Å²) in [7, 11) is 0. The molecule has 3 heteroatoms. The van der Waals surface area contributed by atoms with Crippen LogP contribution in [0.4, 0.5) is 39.8 Å². The molecular formula is C32H29N3. The van der Waals surface area contributed by atoms with E-state index in [9.17, 15) is 0 Å². The van der Waals surface area contributed by atoms with Crippen LogP contribution in [0.2, 0.25) is 0 Å². The summed E-state index contributed by atoms with van der Waals surface area (Å²) in [4.78, 5) is 2.28. The molecule has 172 valence electrons. The largest absolute Gasteiger partial charge is 0.356 e. The van der Waals surface area contributed by atoms with Crippen LogP contribution >= 0.6 is 0 Å². The molecule has 0 aromatic heterocycles. The number of benzene rings is 5. The lowest BCUT2D eigenvalue weighted by Crippen LogP contribution is -2.10. The van der Waals surface area contributed by atoms with E-state index >= 15 is 0 Å². The minimum Gasteiger partial charge on any atom is -0.356 e. The van der Waals surface area contributed by atoms with Crippen molar-refractivity contribution in [2.75, 3.05) is 15.5 Å². The molecule has 0 aliphatic heterocycles. The van der Waals surface area contributed by atoms with Gasteiger partial charge in [0, 0.05) is 39.8 Å². The van der Waals surface area contributed by atoms with Gasteiger partial charge in [0.05, 0.1) is 0 Å². The second kappa shape index (κ2) is 10.2.